The summed E-state index contributed by atoms with van der Waals surface area (Å²) in [6.07, 6.45) is 0.479. The SMILES string of the molecule is CC(C)CC(C(=O)N(CC(=O)O)CC1COc2ccccc2C1)N(C)C(=O)OC(C)(C)C. The van der Waals surface area contributed by atoms with Gasteiger partial charge in [-0.1, -0.05) is 32.0 Å². The van der Waals surface area contributed by atoms with E-state index in [1.54, 1.807) is 20.8 Å². The van der Waals surface area contributed by atoms with Crippen molar-refractivity contribution in [3.8, 4) is 5.75 Å². The molecule has 1 N–H and O–H groups in total. The highest BCUT2D eigenvalue weighted by atomic mass is 16.6. The number of carbonyl (C=O) groups excluding carboxylic acids is 2. The summed E-state index contributed by atoms with van der Waals surface area (Å²) in [6.45, 7) is 9.38. The van der Waals surface area contributed by atoms with Gasteiger partial charge >= 0.3 is 12.1 Å². The molecule has 0 saturated carbocycles. The van der Waals surface area contributed by atoms with E-state index >= 15 is 0 Å². The summed E-state index contributed by atoms with van der Waals surface area (Å²) in [5.41, 5.74) is 0.334. The van der Waals surface area contributed by atoms with E-state index in [1.165, 1.54) is 16.8 Å². The van der Waals surface area contributed by atoms with Crippen molar-refractivity contribution in [3.63, 3.8) is 0 Å². The Balaban J connectivity index is 2.21. The molecule has 0 bridgehead atoms. The van der Waals surface area contributed by atoms with Gasteiger partial charge in [0.05, 0.1) is 6.61 Å². The van der Waals surface area contributed by atoms with E-state index in [1.807, 2.05) is 38.1 Å². The van der Waals surface area contributed by atoms with Gasteiger partial charge in [-0.25, -0.2) is 4.79 Å². The highest BCUT2D eigenvalue weighted by molar-refractivity contribution is 5.88. The van der Waals surface area contributed by atoms with Crippen LogP contribution in [0.25, 0.3) is 0 Å². The Morgan fingerprint density at radius 1 is 1.22 bits per heavy atom. The first-order valence-corrected chi connectivity index (χ1v) is 11.0. The summed E-state index contributed by atoms with van der Waals surface area (Å²) in [5, 5.41) is 9.45. The van der Waals surface area contributed by atoms with Crippen LogP contribution in [-0.4, -0.2) is 71.3 Å². The lowest BCUT2D eigenvalue weighted by Gasteiger charge is -2.36. The Morgan fingerprint density at radius 2 is 1.88 bits per heavy atom. The predicted molar refractivity (Wildman–Crippen MR) is 121 cm³/mol. The number of aliphatic carboxylic acids is 1. The van der Waals surface area contributed by atoms with E-state index in [0.717, 1.165) is 11.3 Å². The van der Waals surface area contributed by atoms with Crippen molar-refractivity contribution in [2.45, 2.75) is 59.1 Å². The lowest BCUT2D eigenvalue weighted by atomic mass is 9.95. The van der Waals surface area contributed by atoms with Crippen LogP contribution in [0.1, 0.15) is 46.6 Å². The third-order valence-corrected chi connectivity index (χ3v) is 5.20. The van der Waals surface area contributed by atoms with Gasteiger partial charge in [0.15, 0.2) is 0 Å². The van der Waals surface area contributed by atoms with Gasteiger partial charge in [0.2, 0.25) is 5.91 Å². The molecule has 0 radical (unpaired) electrons. The van der Waals surface area contributed by atoms with Crippen molar-refractivity contribution < 1.29 is 29.0 Å². The average molecular weight is 449 g/mol. The molecule has 2 atom stereocenters. The molecule has 1 aromatic rings. The van der Waals surface area contributed by atoms with Gasteiger partial charge in [-0.2, -0.15) is 0 Å². The van der Waals surface area contributed by atoms with Crippen LogP contribution in [-0.2, 0) is 20.7 Å². The number of carboxylic acid groups (broad SMARTS) is 1. The first kappa shape index (κ1) is 25.5. The van der Waals surface area contributed by atoms with E-state index in [9.17, 15) is 19.5 Å². The van der Waals surface area contributed by atoms with Crippen molar-refractivity contribution in [2.75, 3.05) is 26.7 Å². The summed E-state index contributed by atoms with van der Waals surface area (Å²) in [6, 6.07) is 6.89. The third-order valence-electron chi connectivity index (χ3n) is 5.20. The van der Waals surface area contributed by atoms with Gasteiger partial charge in [-0.15, -0.1) is 0 Å². The molecule has 2 rings (SSSR count). The number of fused-ring (bicyclic) bond motifs is 1. The number of benzene rings is 1. The first-order chi connectivity index (χ1) is 14.9. The fourth-order valence-electron chi connectivity index (χ4n) is 3.76. The molecule has 0 aromatic heterocycles. The molecule has 2 unspecified atom stereocenters. The maximum Gasteiger partial charge on any atom is 0.410 e. The molecule has 8 heteroatoms. The first-order valence-electron chi connectivity index (χ1n) is 11.0. The summed E-state index contributed by atoms with van der Waals surface area (Å²) >= 11 is 0. The third kappa shape index (κ3) is 7.43. The van der Waals surface area contributed by atoms with E-state index in [-0.39, 0.29) is 18.4 Å². The molecule has 1 heterocycles. The lowest BCUT2D eigenvalue weighted by molar-refractivity contribution is -0.147. The second kappa shape index (κ2) is 10.7. The number of amides is 2. The number of likely N-dealkylation sites (N-methyl/N-ethyl adjacent to an activating group) is 1. The van der Waals surface area contributed by atoms with Crippen LogP contribution < -0.4 is 4.74 Å². The minimum Gasteiger partial charge on any atom is -0.493 e. The number of hydrogen-bond donors (Lipinski definition) is 1. The minimum atomic E-state index is -1.10. The fraction of sp³-hybridized carbons (Fsp3) is 0.625. The van der Waals surface area contributed by atoms with Crippen LogP contribution in [0, 0.1) is 11.8 Å². The number of hydrogen-bond acceptors (Lipinski definition) is 5. The molecule has 32 heavy (non-hydrogen) atoms. The zero-order valence-electron chi connectivity index (χ0n) is 20.0. The number of carbonyl (C=O) groups is 3. The van der Waals surface area contributed by atoms with Crippen LogP contribution in [0.2, 0.25) is 0 Å². The molecule has 1 aliphatic rings. The van der Waals surface area contributed by atoms with Crippen LogP contribution >= 0.6 is 0 Å². The molecule has 0 spiro atoms. The summed E-state index contributed by atoms with van der Waals surface area (Å²) in [4.78, 5) is 40.4. The molecular formula is C24H36N2O6. The van der Waals surface area contributed by atoms with Crippen molar-refractivity contribution in [1.29, 1.82) is 0 Å². The van der Waals surface area contributed by atoms with Crippen molar-refractivity contribution in [2.24, 2.45) is 11.8 Å². The van der Waals surface area contributed by atoms with E-state index < -0.39 is 36.2 Å². The quantitative estimate of drug-likeness (QED) is 0.655. The second-order valence-corrected chi connectivity index (χ2v) is 9.84. The molecule has 1 aromatic carbocycles. The normalized spacial score (nSPS) is 16.5. The zero-order chi connectivity index (χ0) is 24.1. The van der Waals surface area contributed by atoms with Gasteiger partial charge in [0.25, 0.3) is 0 Å². The minimum absolute atomic E-state index is 0.0419. The van der Waals surface area contributed by atoms with Gasteiger partial charge < -0.3 is 19.5 Å². The standard InChI is InChI=1S/C24H36N2O6/c1-16(2)11-19(25(6)23(30)32-24(3,4)5)22(29)26(14-21(27)28)13-17-12-18-9-7-8-10-20(18)31-15-17/h7-10,16-17,19H,11-15H2,1-6H3,(H,27,28). The smallest absolute Gasteiger partial charge is 0.410 e. The molecule has 2 amide bonds. The number of ether oxygens (including phenoxy) is 2. The second-order valence-electron chi connectivity index (χ2n) is 9.84. The lowest BCUT2D eigenvalue weighted by Crippen LogP contribution is -2.53. The summed E-state index contributed by atoms with van der Waals surface area (Å²) < 4.78 is 11.3. The predicted octanol–water partition coefficient (Wildman–Crippen LogP) is 3.43. The Hall–Kier alpha value is -2.77. The highest BCUT2D eigenvalue weighted by Gasteiger charge is 2.35. The van der Waals surface area contributed by atoms with Crippen molar-refractivity contribution >= 4 is 18.0 Å². The number of nitrogens with zero attached hydrogens (tertiary/aromatic N) is 2. The van der Waals surface area contributed by atoms with Crippen LogP contribution in [0.15, 0.2) is 24.3 Å². The van der Waals surface area contributed by atoms with Gasteiger partial charge in [0.1, 0.15) is 23.9 Å². The molecule has 0 saturated heterocycles. The number of para-hydroxylation sites is 1. The molecule has 0 aliphatic carbocycles. The van der Waals surface area contributed by atoms with E-state index in [2.05, 4.69) is 0 Å². The Kier molecular flexibility index (Phi) is 8.52. The average Bonchev–Trinajstić information content (AvgIpc) is 2.68. The molecule has 1 aliphatic heterocycles. The molecule has 0 fully saturated rings. The van der Waals surface area contributed by atoms with Crippen LogP contribution in [0.4, 0.5) is 4.79 Å². The van der Waals surface area contributed by atoms with Gasteiger partial charge in [-0.05, 0) is 51.2 Å². The summed E-state index contributed by atoms with van der Waals surface area (Å²) in [5.74, 6) is -0.598. The Labute approximate surface area is 190 Å². The number of rotatable bonds is 8. The molecule has 178 valence electrons. The highest BCUT2D eigenvalue weighted by Crippen LogP contribution is 2.27. The van der Waals surface area contributed by atoms with Crippen LogP contribution in [0.3, 0.4) is 0 Å². The van der Waals surface area contributed by atoms with Crippen molar-refractivity contribution in [3.05, 3.63) is 29.8 Å². The molecule has 8 nitrogen and oxygen atoms in total. The van der Waals surface area contributed by atoms with Crippen LogP contribution in [0.5, 0.6) is 5.75 Å². The number of carboxylic acids is 1. The zero-order valence-corrected chi connectivity index (χ0v) is 20.0. The Morgan fingerprint density at radius 3 is 2.47 bits per heavy atom. The topological polar surface area (TPSA) is 96.4 Å². The monoisotopic (exact) mass is 448 g/mol. The maximum atomic E-state index is 13.5. The maximum absolute atomic E-state index is 13.5. The molecular weight excluding hydrogens is 412 g/mol. The van der Waals surface area contributed by atoms with E-state index in [0.29, 0.717) is 19.4 Å². The Bertz CT molecular complexity index is 817. The largest absolute Gasteiger partial charge is 0.493 e. The summed E-state index contributed by atoms with van der Waals surface area (Å²) in [7, 11) is 1.53. The van der Waals surface area contributed by atoms with E-state index in [4.69, 9.17) is 9.47 Å². The fourth-order valence-corrected chi connectivity index (χ4v) is 3.76. The van der Waals surface area contributed by atoms with Gasteiger partial charge in [-0.3, -0.25) is 14.5 Å². The van der Waals surface area contributed by atoms with Crippen molar-refractivity contribution in [1.82, 2.24) is 9.80 Å². The van der Waals surface area contributed by atoms with Gasteiger partial charge in [0, 0.05) is 19.5 Å².